The molecule has 146 valence electrons. The fourth-order valence-corrected chi connectivity index (χ4v) is 5.26. The molecule has 1 amide bonds. The van der Waals surface area contributed by atoms with Gasteiger partial charge in [0, 0.05) is 24.8 Å². The molecular weight excluding hydrogens is 358 g/mol. The van der Waals surface area contributed by atoms with Crippen LogP contribution in [-0.4, -0.2) is 17.6 Å². The highest BCUT2D eigenvalue weighted by molar-refractivity contribution is 5.76. The van der Waals surface area contributed by atoms with Gasteiger partial charge >= 0.3 is 0 Å². The van der Waals surface area contributed by atoms with Crippen molar-refractivity contribution in [2.75, 3.05) is 6.54 Å². The van der Waals surface area contributed by atoms with Crippen LogP contribution >= 0.6 is 0 Å². The molecule has 3 aliphatic rings. The van der Waals surface area contributed by atoms with Crippen molar-refractivity contribution in [1.29, 1.82) is 0 Å². The van der Waals surface area contributed by atoms with Crippen molar-refractivity contribution in [3.05, 3.63) is 101 Å². The number of aryl methyl sites for hydroxylation is 1. The molecule has 3 aromatic rings. The highest BCUT2D eigenvalue weighted by atomic mass is 16.3. The summed E-state index contributed by atoms with van der Waals surface area (Å²) in [5, 5.41) is 13.1. The number of phenolic OH excluding ortho intramolecular Hbond substituents is 1. The van der Waals surface area contributed by atoms with E-state index in [4.69, 9.17) is 0 Å². The summed E-state index contributed by atoms with van der Waals surface area (Å²) < 4.78 is 0. The number of carbonyl (C=O) groups is 1. The smallest absolute Gasteiger partial charge is 0.220 e. The summed E-state index contributed by atoms with van der Waals surface area (Å²) >= 11 is 0. The van der Waals surface area contributed by atoms with Crippen molar-refractivity contribution < 1.29 is 9.90 Å². The second-order valence-electron chi connectivity index (χ2n) is 8.22. The number of phenols is 1. The molecule has 1 atom stereocenters. The summed E-state index contributed by atoms with van der Waals surface area (Å²) in [6.07, 6.45) is 2.03. The highest BCUT2D eigenvalue weighted by Gasteiger charge is 2.42. The summed E-state index contributed by atoms with van der Waals surface area (Å²) in [6, 6.07) is 24.8. The van der Waals surface area contributed by atoms with Gasteiger partial charge in [0.1, 0.15) is 5.75 Å². The quantitative estimate of drug-likeness (QED) is 0.669. The van der Waals surface area contributed by atoms with Crippen LogP contribution in [0.3, 0.4) is 0 Å². The van der Waals surface area contributed by atoms with Gasteiger partial charge in [0.2, 0.25) is 5.91 Å². The molecule has 1 unspecified atom stereocenters. The summed E-state index contributed by atoms with van der Waals surface area (Å²) in [5.41, 5.74) is 6.59. The van der Waals surface area contributed by atoms with Crippen LogP contribution in [0.25, 0.3) is 0 Å². The Morgan fingerprint density at radius 1 is 0.862 bits per heavy atom. The van der Waals surface area contributed by atoms with Crippen LogP contribution in [0.4, 0.5) is 0 Å². The number of fused-ring (bicyclic) bond motifs is 1. The summed E-state index contributed by atoms with van der Waals surface area (Å²) in [5.74, 6) is 1.51. The molecule has 3 nitrogen and oxygen atoms in total. The highest BCUT2D eigenvalue weighted by Crippen LogP contribution is 2.55. The lowest BCUT2D eigenvalue weighted by molar-refractivity contribution is -0.121. The Labute approximate surface area is 171 Å². The third-order valence-electron chi connectivity index (χ3n) is 6.60. The minimum Gasteiger partial charge on any atom is -0.508 e. The van der Waals surface area contributed by atoms with Gasteiger partial charge in [0.05, 0.1) is 0 Å². The Morgan fingerprint density at radius 3 is 2.10 bits per heavy atom. The van der Waals surface area contributed by atoms with E-state index in [0.717, 1.165) is 12.0 Å². The topological polar surface area (TPSA) is 49.3 Å². The molecule has 6 rings (SSSR count). The van der Waals surface area contributed by atoms with E-state index in [9.17, 15) is 9.90 Å². The Kier molecular flexibility index (Phi) is 4.59. The summed E-state index contributed by atoms with van der Waals surface area (Å²) in [7, 11) is 0. The van der Waals surface area contributed by atoms with Crippen molar-refractivity contribution in [2.24, 2.45) is 5.92 Å². The minimum atomic E-state index is 0.0521. The maximum atomic E-state index is 12.5. The number of para-hydroxylation sites is 1. The standard InChI is InChI=1S/C26H25NO2/c28-24-12-6-1-7-17(24)13-14-25(29)27-16-18-15-23-19-8-2-4-10-21(19)26(18)22-11-5-3-9-20(22)23/h1-12,18,23,26,28H,13-16H2,(H,27,29). The molecule has 3 aromatic carbocycles. The zero-order chi connectivity index (χ0) is 19.8. The fourth-order valence-electron chi connectivity index (χ4n) is 5.26. The first-order valence-corrected chi connectivity index (χ1v) is 10.4. The Balaban J connectivity index is 1.29. The van der Waals surface area contributed by atoms with Crippen molar-refractivity contribution in [3.8, 4) is 5.75 Å². The number of carbonyl (C=O) groups excluding carboxylic acids is 1. The first kappa shape index (κ1) is 18.0. The van der Waals surface area contributed by atoms with Gasteiger partial charge in [0.25, 0.3) is 0 Å². The largest absolute Gasteiger partial charge is 0.508 e. The van der Waals surface area contributed by atoms with Crippen molar-refractivity contribution in [1.82, 2.24) is 5.32 Å². The first-order chi connectivity index (χ1) is 14.2. The SMILES string of the molecule is O=C(CCc1ccccc1O)NCC1CC2c3ccccc3C1c1ccccc12. The van der Waals surface area contributed by atoms with E-state index in [1.807, 2.05) is 12.1 Å². The molecule has 0 spiro atoms. The lowest BCUT2D eigenvalue weighted by atomic mass is 9.59. The summed E-state index contributed by atoms with van der Waals surface area (Å²) in [4.78, 5) is 12.5. The van der Waals surface area contributed by atoms with E-state index < -0.39 is 0 Å². The van der Waals surface area contributed by atoms with Crippen molar-refractivity contribution in [2.45, 2.75) is 31.1 Å². The number of benzene rings is 3. The average Bonchev–Trinajstić information content (AvgIpc) is 2.77. The Bertz CT molecular complexity index is 1010. The van der Waals surface area contributed by atoms with Gasteiger partial charge in [-0.2, -0.15) is 0 Å². The van der Waals surface area contributed by atoms with Gasteiger partial charge in [0.15, 0.2) is 0 Å². The summed E-state index contributed by atoms with van der Waals surface area (Å²) in [6.45, 7) is 0.698. The third-order valence-corrected chi connectivity index (χ3v) is 6.60. The van der Waals surface area contributed by atoms with Crippen LogP contribution in [0.15, 0.2) is 72.8 Å². The van der Waals surface area contributed by atoms with Crippen molar-refractivity contribution >= 4 is 5.91 Å². The maximum Gasteiger partial charge on any atom is 0.220 e. The van der Waals surface area contributed by atoms with Crippen LogP contribution < -0.4 is 5.32 Å². The van der Waals surface area contributed by atoms with Crippen LogP contribution in [0, 0.1) is 5.92 Å². The number of rotatable bonds is 5. The zero-order valence-corrected chi connectivity index (χ0v) is 16.3. The van der Waals surface area contributed by atoms with Gasteiger partial charge < -0.3 is 10.4 Å². The predicted octanol–water partition coefficient (Wildman–Crippen LogP) is 4.74. The molecule has 0 heterocycles. The van der Waals surface area contributed by atoms with E-state index >= 15 is 0 Å². The second-order valence-corrected chi connectivity index (χ2v) is 8.22. The molecule has 29 heavy (non-hydrogen) atoms. The molecule has 0 saturated heterocycles. The molecule has 3 heteroatoms. The van der Waals surface area contributed by atoms with E-state index in [1.54, 1.807) is 12.1 Å². The number of aromatic hydroxyl groups is 1. The molecule has 0 saturated carbocycles. The van der Waals surface area contributed by atoms with Gasteiger partial charge in [-0.3, -0.25) is 4.79 Å². The third kappa shape index (κ3) is 3.21. The second kappa shape index (κ2) is 7.40. The Morgan fingerprint density at radius 2 is 1.45 bits per heavy atom. The average molecular weight is 383 g/mol. The molecule has 3 aliphatic carbocycles. The van der Waals surface area contributed by atoms with Crippen LogP contribution in [0.5, 0.6) is 5.75 Å². The fraction of sp³-hybridized carbons (Fsp3) is 0.269. The van der Waals surface area contributed by atoms with Gasteiger partial charge in [-0.15, -0.1) is 0 Å². The van der Waals surface area contributed by atoms with E-state index in [2.05, 4.69) is 53.8 Å². The Hall–Kier alpha value is -3.07. The van der Waals surface area contributed by atoms with Gasteiger partial charge in [-0.1, -0.05) is 66.7 Å². The maximum absolute atomic E-state index is 12.5. The van der Waals surface area contributed by atoms with E-state index in [1.165, 1.54) is 22.3 Å². The first-order valence-electron chi connectivity index (χ1n) is 10.4. The molecule has 0 radical (unpaired) electrons. The van der Waals surface area contributed by atoms with Crippen LogP contribution in [0.2, 0.25) is 0 Å². The number of hydrogen-bond donors (Lipinski definition) is 2. The van der Waals surface area contributed by atoms with E-state index in [0.29, 0.717) is 37.1 Å². The van der Waals surface area contributed by atoms with E-state index in [-0.39, 0.29) is 11.7 Å². The molecule has 0 aliphatic heterocycles. The number of nitrogens with one attached hydrogen (secondary N) is 1. The number of amides is 1. The van der Waals surface area contributed by atoms with Crippen LogP contribution in [-0.2, 0) is 11.2 Å². The lowest BCUT2D eigenvalue weighted by Crippen LogP contribution is -2.39. The molecular formula is C26H25NO2. The molecule has 0 fully saturated rings. The lowest BCUT2D eigenvalue weighted by Gasteiger charge is -2.45. The van der Waals surface area contributed by atoms with Crippen LogP contribution in [0.1, 0.15) is 52.5 Å². The molecule has 0 aromatic heterocycles. The molecule has 2 N–H and O–H groups in total. The van der Waals surface area contributed by atoms with Gasteiger partial charge in [-0.25, -0.2) is 0 Å². The number of hydrogen-bond acceptors (Lipinski definition) is 2. The monoisotopic (exact) mass is 383 g/mol. The zero-order valence-electron chi connectivity index (χ0n) is 16.3. The molecule has 2 bridgehead atoms. The van der Waals surface area contributed by atoms with Gasteiger partial charge in [-0.05, 0) is 52.6 Å². The predicted molar refractivity (Wildman–Crippen MR) is 114 cm³/mol. The minimum absolute atomic E-state index is 0.0521. The normalized spacial score (nSPS) is 21.3. The van der Waals surface area contributed by atoms with Crippen molar-refractivity contribution in [3.63, 3.8) is 0 Å².